The molecule has 0 aliphatic rings. The summed E-state index contributed by atoms with van der Waals surface area (Å²) in [5.74, 6) is -0.857. The summed E-state index contributed by atoms with van der Waals surface area (Å²) in [6.07, 6.45) is 1.40. The maximum absolute atomic E-state index is 14.9. The van der Waals surface area contributed by atoms with Gasteiger partial charge < -0.3 is 20.1 Å². The molecule has 3 amide bonds. The summed E-state index contributed by atoms with van der Waals surface area (Å²) in [6, 6.07) is 14.6. The van der Waals surface area contributed by atoms with E-state index in [2.05, 4.69) is 26.0 Å². The first kappa shape index (κ1) is 33.2. The number of rotatable bonds is 8. The Hall–Kier alpha value is -5.26. The predicted molar refractivity (Wildman–Crippen MR) is 166 cm³/mol. The molecule has 0 unspecified atom stereocenters. The topological polar surface area (TPSA) is 136 Å². The average Bonchev–Trinajstić information content (AvgIpc) is 3.44. The zero-order valence-electron chi connectivity index (χ0n) is 25.8. The van der Waals surface area contributed by atoms with Crippen molar-refractivity contribution in [1.29, 1.82) is 0 Å². The second-order valence-corrected chi connectivity index (χ2v) is 10.1. The number of hydrogen-bond donors (Lipinski definition) is 3. The lowest BCUT2D eigenvalue weighted by molar-refractivity contribution is 0.0526. The van der Waals surface area contributed by atoms with Crippen LogP contribution >= 0.6 is 0 Å². The minimum absolute atomic E-state index is 0.0907. The number of carbonyl (C=O) groups excluding carboxylic acids is 3. The largest absolute Gasteiger partial charge is 0.462 e. The number of halogens is 1. The van der Waals surface area contributed by atoms with Crippen LogP contribution in [-0.2, 0) is 10.2 Å². The average molecular weight is 605 g/mol. The summed E-state index contributed by atoms with van der Waals surface area (Å²) < 4.78 is 27.2. The molecule has 2 aromatic carbocycles. The second-order valence-electron chi connectivity index (χ2n) is 10.1. The lowest BCUT2D eigenvalue weighted by atomic mass is 9.92. The molecule has 0 saturated carbocycles. The molecule has 4 rings (SSSR count). The highest BCUT2D eigenvalue weighted by atomic mass is 19.1. The fourth-order valence-corrected chi connectivity index (χ4v) is 3.81. The van der Waals surface area contributed by atoms with Crippen molar-refractivity contribution in [1.82, 2.24) is 20.1 Å². The number of pyridine rings is 1. The summed E-state index contributed by atoms with van der Waals surface area (Å²) in [7, 11) is 1.48. The first-order valence-corrected chi connectivity index (χ1v) is 14.1. The number of urea groups is 1. The lowest BCUT2D eigenvalue weighted by Gasteiger charge is -2.14. The predicted octanol–water partition coefficient (Wildman–Crippen LogP) is 6.70. The lowest BCUT2D eigenvalue weighted by Crippen LogP contribution is -2.22. The maximum atomic E-state index is 14.9. The highest BCUT2D eigenvalue weighted by molar-refractivity contribution is 5.99. The number of ether oxygens (including phenoxy) is 2. The third-order valence-corrected chi connectivity index (χ3v) is 5.94. The summed E-state index contributed by atoms with van der Waals surface area (Å²) in [6.45, 7) is 11.9. The van der Waals surface area contributed by atoms with Crippen LogP contribution in [0.15, 0.2) is 66.9 Å². The van der Waals surface area contributed by atoms with Crippen LogP contribution in [0, 0.1) is 5.82 Å². The quantitative estimate of drug-likeness (QED) is 0.190. The van der Waals surface area contributed by atoms with Crippen molar-refractivity contribution in [2.75, 3.05) is 24.3 Å². The molecule has 0 spiro atoms. The van der Waals surface area contributed by atoms with Gasteiger partial charge in [0.05, 0.1) is 29.2 Å². The van der Waals surface area contributed by atoms with Crippen molar-refractivity contribution >= 4 is 29.4 Å². The van der Waals surface area contributed by atoms with Gasteiger partial charge in [0, 0.05) is 36.9 Å². The first-order chi connectivity index (χ1) is 21.0. The van der Waals surface area contributed by atoms with Gasteiger partial charge >= 0.3 is 12.0 Å². The molecule has 44 heavy (non-hydrogen) atoms. The summed E-state index contributed by atoms with van der Waals surface area (Å²) in [5, 5.41) is 12.3. The van der Waals surface area contributed by atoms with Crippen molar-refractivity contribution in [3.63, 3.8) is 0 Å². The Morgan fingerprint density at radius 3 is 2.34 bits per heavy atom. The Bertz CT molecular complexity index is 1630. The number of anilines is 2. The second kappa shape index (κ2) is 14.8. The fourth-order valence-electron chi connectivity index (χ4n) is 3.81. The highest BCUT2D eigenvalue weighted by Gasteiger charge is 2.22. The van der Waals surface area contributed by atoms with Crippen molar-refractivity contribution in [2.24, 2.45) is 0 Å². The zero-order chi connectivity index (χ0) is 32.4. The van der Waals surface area contributed by atoms with E-state index >= 15 is 0 Å². The molecule has 232 valence electrons. The van der Waals surface area contributed by atoms with Gasteiger partial charge in [0.1, 0.15) is 28.8 Å². The molecule has 0 aliphatic heterocycles. The highest BCUT2D eigenvalue weighted by Crippen LogP contribution is 2.28. The van der Waals surface area contributed by atoms with Crippen LogP contribution in [0.1, 0.15) is 68.1 Å². The summed E-state index contributed by atoms with van der Waals surface area (Å²) in [5.41, 5.74) is 1.24. The van der Waals surface area contributed by atoms with Crippen molar-refractivity contribution in [2.45, 2.75) is 47.0 Å². The number of benzene rings is 2. The number of aromatic nitrogens is 3. The Morgan fingerprint density at radius 1 is 0.955 bits per heavy atom. The van der Waals surface area contributed by atoms with Gasteiger partial charge in [-0.3, -0.25) is 15.1 Å². The summed E-state index contributed by atoms with van der Waals surface area (Å²) in [4.78, 5) is 41.0. The normalized spacial score (nSPS) is 10.6. The van der Waals surface area contributed by atoms with Gasteiger partial charge in [-0.2, -0.15) is 5.10 Å². The van der Waals surface area contributed by atoms with Gasteiger partial charge in [-0.05, 0) is 43.3 Å². The van der Waals surface area contributed by atoms with Crippen molar-refractivity contribution in [3.05, 3.63) is 89.6 Å². The van der Waals surface area contributed by atoms with Gasteiger partial charge in [-0.25, -0.2) is 18.7 Å². The molecule has 0 bridgehead atoms. The number of carbonyl (C=O) groups is 3. The number of nitrogens with zero attached hydrogens (tertiary/aromatic N) is 3. The standard InChI is InChI=1S/C30H31FN6O5.C2H6/c1-6-41-28(39)18-8-7-9-19(14-18)37-26(17-25(36-37)30(2,3)4)35-29(40)34-23-11-10-20(15-22(23)31)42-21-12-13-33-24(16-21)27(38)32-5;1-2/h7-17H,6H2,1-5H3,(H,32,38)(H2,34,35,40);1-2H3. The molecule has 0 fully saturated rings. The van der Waals surface area contributed by atoms with E-state index in [0.717, 1.165) is 6.07 Å². The molecule has 0 aliphatic carbocycles. The van der Waals surface area contributed by atoms with E-state index in [9.17, 15) is 18.8 Å². The van der Waals surface area contributed by atoms with E-state index in [1.165, 1.54) is 42.2 Å². The van der Waals surface area contributed by atoms with Crippen LogP contribution < -0.4 is 20.7 Å². The smallest absolute Gasteiger partial charge is 0.338 e. The Kier molecular flexibility index (Phi) is 11.2. The molecule has 4 aromatic rings. The molecule has 12 heteroatoms. The van der Waals surface area contributed by atoms with Crippen molar-refractivity contribution in [3.8, 4) is 17.2 Å². The Labute approximate surface area is 255 Å². The third-order valence-electron chi connectivity index (χ3n) is 5.94. The third kappa shape index (κ3) is 8.40. The molecule has 2 heterocycles. The Morgan fingerprint density at radius 2 is 1.68 bits per heavy atom. The Balaban J connectivity index is 0.00000259. The molecule has 0 saturated heterocycles. The first-order valence-electron chi connectivity index (χ1n) is 14.1. The van der Waals surface area contributed by atoms with Crippen LogP contribution in [0.5, 0.6) is 11.5 Å². The minimum Gasteiger partial charge on any atom is -0.462 e. The van der Waals surface area contributed by atoms with E-state index in [-0.39, 0.29) is 40.8 Å². The SMILES string of the molecule is CC.CCOC(=O)c1cccc(-n2nc(C(C)(C)C)cc2NC(=O)Nc2ccc(Oc3ccnc(C(=O)NC)c3)cc2F)c1. The van der Waals surface area contributed by atoms with Gasteiger partial charge in [0.2, 0.25) is 0 Å². The van der Waals surface area contributed by atoms with E-state index in [4.69, 9.17) is 9.47 Å². The van der Waals surface area contributed by atoms with E-state index in [0.29, 0.717) is 22.8 Å². The molecule has 3 N–H and O–H groups in total. The number of nitrogens with one attached hydrogen (secondary N) is 3. The molecule has 2 aromatic heterocycles. The van der Waals surface area contributed by atoms with Crippen molar-refractivity contribution < 1.29 is 28.2 Å². The van der Waals surface area contributed by atoms with Gasteiger partial charge in [0.25, 0.3) is 5.91 Å². The van der Waals surface area contributed by atoms with E-state index in [1.807, 2.05) is 34.6 Å². The number of esters is 1. The number of hydrogen-bond acceptors (Lipinski definition) is 7. The maximum Gasteiger partial charge on any atom is 0.338 e. The molecular formula is C32H37FN6O5. The van der Waals surface area contributed by atoms with Gasteiger partial charge in [-0.1, -0.05) is 40.7 Å². The monoisotopic (exact) mass is 604 g/mol. The molecular weight excluding hydrogens is 567 g/mol. The van der Waals surface area contributed by atoms with E-state index in [1.54, 1.807) is 37.3 Å². The van der Waals surface area contributed by atoms with Gasteiger partial charge in [0.15, 0.2) is 0 Å². The van der Waals surface area contributed by atoms with Crippen LogP contribution in [0.2, 0.25) is 0 Å². The fraction of sp³-hybridized carbons (Fsp3) is 0.281. The van der Waals surface area contributed by atoms with Crippen LogP contribution in [0.4, 0.5) is 20.7 Å². The minimum atomic E-state index is -0.741. The van der Waals surface area contributed by atoms with Crippen LogP contribution in [0.25, 0.3) is 5.69 Å². The molecule has 0 atom stereocenters. The summed E-state index contributed by atoms with van der Waals surface area (Å²) >= 11 is 0. The zero-order valence-corrected chi connectivity index (χ0v) is 25.8. The van der Waals surface area contributed by atoms with Gasteiger partial charge in [-0.15, -0.1) is 0 Å². The van der Waals surface area contributed by atoms with E-state index < -0.39 is 17.8 Å². The van der Waals surface area contributed by atoms with Crippen LogP contribution in [0.3, 0.4) is 0 Å². The molecule has 0 radical (unpaired) electrons. The number of amides is 3. The van der Waals surface area contributed by atoms with Crippen LogP contribution in [-0.4, -0.2) is 46.3 Å². The molecule has 11 nitrogen and oxygen atoms in total.